The van der Waals surface area contributed by atoms with Gasteiger partial charge in [-0.25, -0.2) is 4.98 Å². The minimum Gasteiger partial charge on any atom is -0.309 e. The summed E-state index contributed by atoms with van der Waals surface area (Å²) in [5.41, 5.74) is 1.31. The molecule has 3 aromatic rings. The van der Waals surface area contributed by atoms with E-state index < -0.39 is 0 Å². The minimum atomic E-state index is 0.0567. The summed E-state index contributed by atoms with van der Waals surface area (Å²) in [6, 6.07) is 4.81. The Balaban J connectivity index is 1.48. The molecule has 0 spiro atoms. The number of hydrogen-bond acceptors (Lipinski definition) is 5. The molecule has 3 aromatic heterocycles. The SMILES string of the molecule is O=c1[nH]c(CN2CCC[C@H]2c2cccs2)nc2sc3c(c12)CCC3. The van der Waals surface area contributed by atoms with Crippen molar-refractivity contribution in [3.63, 3.8) is 0 Å². The zero-order valence-corrected chi connectivity index (χ0v) is 15.0. The van der Waals surface area contributed by atoms with Crippen molar-refractivity contribution in [2.45, 2.75) is 44.7 Å². The van der Waals surface area contributed by atoms with E-state index in [0.717, 1.165) is 42.0 Å². The molecule has 1 atom stereocenters. The van der Waals surface area contributed by atoms with Gasteiger partial charge in [-0.3, -0.25) is 9.69 Å². The number of rotatable bonds is 3. The summed E-state index contributed by atoms with van der Waals surface area (Å²) in [5, 5.41) is 3.00. The number of hydrogen-bond donors (Lipinski definition) is 1. The lowest BCUT2D eigenvalue weighted by atomic mass is 10.2. The Bertz CT molecular complexity index is 941. The molecule has 1 N–H and O–H groups in total. The third-order valence-electron chi connectivity index (χ3n) is 5.21. The molecule has 1 aliphatic heterocycles. The molecule has 24 heavy (non-hydrogen) atoms. The van der Waals surface area contributed by atoms with Gasteiger partial charge >= 0.3 is 0 Å². The summed E-state index contributed by atoms with van der Waals surface area (Å²) in [6.45, 7) is 1.81. The van der Waals surface area contributed by atoms with Gasteiger partial charge in [0.2, 0.25) is 0 Å². The maximum atomic E-state index is 12.6. The van der Waals surface area contributed by atoms with E-state index in [-0.39, 0.29) is 5.56 Å². The molecule has 0 bridgehead atoms. The molecular weight excluding hydrogens is 338 g/mol. The van der Waals surface area contributed by atoms with E-state index >= 15 is 0 Å². The zero-order valence-electron chi connectivity index (χ0n) is 13.4. The van der Waals surface area contributed by atoms with Crippen LogP contribution in [0.4, 0.5) is 0 Å². The Kier molecular flexibility index (Phi) is 3.57. The van der Waals surface area contributed by atoms with E-state index in [1.807, 2.05) is 11.3 Å². The first kappa shape index (κ1) is 14.8. The minimum absolute atomic E-state index is 0.0567. The van der Waals surface area contributed by atoms with Crippen molar-refractivity contribution in [3.8, 4) is 0 Å². The van der Waals surface area contributed by atoms with E-state index in [9.17, 15) is 4.79 Å². The molecule has 2 aliphatic rings. The summed E-state index contributed by atoms with van der Waals surface area (Å²) in [5.74, 6) is 0.816. The molecule has 0 amide bonds. The fraction of sp³-hybridized carbons (Fsp3) is 0.444. The Hall–Kier alpha value is -1.50. The summed E-state index contributed by atoms with van der Waals surface area (Å²) < 4.78 is 0. The fourth-order valence-electron chi connectivity index (χ4n) is 4.13. The van der Waals surface area contributed by atoms with Gasteiger partial charge in [0, 0.05) is 15.8 Å². The zero-order chi connectivity index (χ0) is 16.1. The number of likely N-dealkylation sites (tertiary alicyclic amines) is 1. The molecule has 4 nitrogen and oxygen atoms in total. The lowest BCUT2D eigenvalue weighted by molar-refractivity contribution is 0.245. The molecular formula is C18H19N3OS2. The average molecular weight is 358 g/mol. The van der Waals surface area contributed by atoms with Crippen molar-refractivity contribution in [1.82, 2.24) is 14.9 Å². The summed E-state index contributed by atoms with van der Waals surface area (Å²) in [6.07, 6.45) is 5.72. The third-order valence-corrected chi connectivity index (χ3v) is 7.37. The number of H-pyrrole nitrogens is 1. The number of nitrogens with zero attached hydrogens (tertiary/aromatic N) is 2. The number of aromatic amines is 1. The number of thiophene rings is 2. The molecule has 4 heterocycles. The normalized spacial score (nSPS) is 20.9. The summed E-state index contributed by atoms with van der Waals surface area (Å²) in [4.78, 5) is 26.6. The molecule has 5 rings (SSSR count). The van der Waals surface area contributed by atoms with Crippen LogP contribution in [0.25, 0.3) is 10.2 Å². The van der Waals surface area contributed by atoms with E-state index in [2.05, 4.69) is 27.4 Å². The van der Waals surface area contributed by atoms with E-state index in [0.29, 0.717) is 6.04 Å². The Labute approximate surface area is 148 Å². The van der Waals surface area contributed by atoms with Crippen LogP contribution in [0.2, 0.25) is 0 Å². The van der Waals surface area contributed by atoms with Gasteiger partial charge in [0.1, 0.15) is 10.7 Å². The van der Waals surface area contributed by atoms with Gasteiger partial charge in [-0.15, -0.1) is 22.7 Å². The predicted octanol–water partition coefficient (Wildman–Crippen LogP) is 3.87. The van der Waals surface area contributed by atoms with Crippen molar-refractivity contribution in [1.29, 1.82) is 0 Å². The third kappa shape index (κ3) is 2.36. The highest BCUT2D eigenvalue weighted by Crippen LogP contribution is 2.36. The van der Waals surface area contributed by atoms with Crippen molar-refractivity contribution in [3.05, 3.63) is 49.0 Å². The van der Waals surface area contributed by atoms with Crippen LogP contribution in [0.1, 0.15) is 46.4 Å². The molecule has 0 radical (unpaired) electrons. The van der Waals surface area contributed by atoms with Crippen molar-refractivity contribution >= 4 is 32.9 Å². The van der Waals surface area contributed by atoms with Crippen LogP contribution in [-0.4, -0.2) is 21.4 Å². The highest BCUT2D eigenvalue weighted by atomic mass is 32.1. The topological polar surface area (TPSA) is 49.0 Å². The van der Waals surface area contributed by atoms with Gasteiger partial charge in [0.05, 0.1) is 11.9 Å². The Morgan fingerprint density at radius 2 is 2.29 bits per heavy atom. The van der Waals surface area contributed by atoms with Crippen molar-refractivity contribution < 1.29 is 0 Å². The maximum Gasteiger partial charge on any atom is 0.259 e. The summed E-state index contributed by atoms with van der Waals surface area (Å²) in [7, 11) is 0. The quantitative estimate of drug-likeness (QED) is 0.774. The largest absolute Gasteiger partial charge is 0.309 e. The van der Waals surface area contributed by atoms with E-state index in [4.69, 9.17) is 4.98 Å². The Morgan fingerprint density at radius 1 is 1.33 bits per heavy atom. The molecule has 6 heteroatoms. The number of aryl methyl sites for hydroxylation is 2. The summed E-state index contributed by atoms with van der Waals surface area (Å²) >= 11 is 3.55. The van der Waals surface area contributed by atoms with Gasteiger partial charge in [-0.1, -0.05) is 6.07 Å². The standard InChI is InChI=1S/C18H19N3OS2/c22-17-16-11-4-1-6-13(11)24-18(16)20-15(19-17)10-21-8-2-5-12(21)14-7-3-9-23-14/h3,7,9,12H,1-2,4-6,8,10H2,(H,19,20,22)/t12-/m0/s1. The molecule has 1 fully saturated rings. The first-order chi connectivity index (χ1) is 11.8. The second-order valence-electron chi connectivity index (χ2n) is 6.69. The van der Waals surface area contributed by atoms with E-state index in [1.54, 1.807) is 11.3 Å². The molecule has 0 aromatic carbocycles. The van der Waals surface area contributed by atoms with Crippen LogP contribution in [0.3, 0.4) is 0 Å². The highest BCUT2D eigenvalue weighted by molar-refractivity contribution is 7.18. The van der Waals surface area contributed by atoms with Gasteiger partial charge in [-0.05, 0) is 55.7 Å². The van der Waals surface area contributed by atoms with Crippen LogP contribution in [-0.2, 0) is 19.4 Å². The van der Waals surface area contributed by atoms with Gasteiger partial charge in [-0.2, -0.15) is 0 Å². The van der Waals surface area contributed by atoms with Gasteiger partial charge in [0.15, 0.2) is 0 Å². The molecule has 1 aliphatic carbocycles. The second-order valence-corrected chi connectivity index (χ2v) is 8.76. The van der Waals surface area contributed by atoms with E-state index in [1.165, 1.54) is 34.6 Å². The smallest absolute Gasteiger partial charge is 0.259 e. The van der Waals surface area contributed by atoms with Crippen molar-refractivity contribution in [2.75, 3.05) is 6.54 Å². The molecule has 0 saturated carbocycles. The van der Waals surface area contributed by atoms with Crippen LogP contribution in [0.5, 0.6) is 0 Å². The molecule has 124 valence electrons. The Morgan fingerprint density at radius 3 is 3.17 bits per heavy atom. The maximum absolute atomic E-state index is 12.6. The van der Waals surface area contributed by atoms with Gasteiger partial charge < -0.3 is 4.98 Å². The lowest BCUT2D eigenvalue weighted by Gasteiger charge is -2.22. The predicted molar refractivity (Wildman–Crippen MR) is 99.0 cm³/mol. The lowest BCUT2D eigenvalue weighted by Crippen LogP contribution is -2.25. The first-order valence-corrected chi connectivity index (χ1v) is 10.3. The average Bonchev–Trinajstić information content (AvgIpc) is 3.30. The fourth-order valence-corrected chi connectivity index (χ4v) is 6.31. The first-order valence-electron chi connectivity index (χ1n) is 8.60. The van der Waals surface area contributed by atoms with Crippen LogP contribution < -0.4 is 5.56 Å². The number of nitrogens with one attached hydrogen (secondary N) is 1. The highest BCUT2D eigenvalue weighted by Gasteiger charge is 2.28. The monoisotopic (exact) mass is 357 g/mol. The number of fused-ring (bicyclic) bond motifs is 3. The van der Waals surface area contributed by atoms with Crippen molar-refractivity contribution in [2.24, 2.45) is 0 Å². The molecule has 1 saturated heterocycles. The van der Waals surface area contributed by atoms with Crippen LogP contribution in [0.15, 0.2) is 22.3 Å². The molecule has 0 unspecified atom stereocenters. The van der Waals surface area contributed by atoms with Crippen LogP contribution in [0, 0.1) is 0 Å². The van der Waals surface area contributed by atoms with Gasteiger partial charge in [0.25, 0.3) is 5.56 Å². The second kappa shape index (κ2) is 5.79. The van der Waals surface area contributed by atoms with Crippen LogP contribution >= 0.6 is 22.7 Å². The number of aromatic nitrogens is 2.